The van der Waals surface area contributed by atoms with E-state index in [-0.39, 0.29) is 10.8 Å². The second-order valence-corrected chi connectivity index (χ2v) is 8.48. The Kier molecular flexibility index (Phi) is 7.27. The molecular weight excluding hydrogens is 362 g/mol. The second-order valence-electron chi connectivity index (χ2n) is 6.76. The first-order valence-electron chi connectivity index (χ1n) is 8.75. The summed E-state index contributed by atoms with van der Waals surface area (Å²) in [5.74, 6) is -0.369. The highest BCUT2D eigenvalue weighted by Crippen LogP contribution is 2.13. The summed E-state index contributed by atoms with van der Waals surface area (Å²) < 4.78 is 27.7. The molecule has 0 aliphatic carbocycles. The van der Waals surface area contributed by atoms with Crippen LogP contribution in [0.1, 0.15) is 31.4 Å². The zero-order valence-electron chi connectivity index (χ0n) is 15.7. The van der Waals surface area contributed by atoms with Crippen LogP contribution in [0.4, 0.5) is 0 Å². The summed E-state index contributed by atoms with van der Waals surface area (Å²) >= 11 is 0. The molecule has 0 aromatic heterocycles. The van der Waals surface area contributed by atoms with E-state index >= 15 is 0 Å². The number of rotatable bonds is 8. The highest BCUT2D eigenvalue weighted by molar-refractivity contribution is 7.89. The summed E-state index contributed by atoms with van der Waals surface area (Å²) in [6, 6.07) is 14.9. The molecule has 27 heavy (non-hydrogen) atoms. The predicted octanol–water partition coefficient (Wildman–Crippen LogP) is 2.84. The van der Waals surface area contributed by atoms with Crippen LogP contribution in [0.3, 0.4) is 0 Å². The Labute approximate surface area is 160 Å². The number of carbonyl (C=O) groups excluding carboxylic acids is 1. The minimum Gasteiger partial charge on any atom is -0.271 e. The van der Waals surface area contributed by atoms with Gasteiger partial charge < -0.3 is 0 Å². The lowest BCUT2D eigenvalue weighted by atomic mass is 10.0. The second kappa shape index (κ2) is 9.43. The van der Waals surface area contributed by atoms with Crippen molar-refractivity contribution < 1.29 is 13.2 Å². The van der Waals surface area contributed by atoms with Gasteiger partial charge in [0.05, 0.1) is 11.1 Å². The molecule has 0 aliphatic heterocycles. The van der Waals surface area contributed by atoms with Gasteiger partial charge in [-0.2, -0.15) is 9.82 Å². The average Bonchev–Trinajstić information content (AvgIpc) is 2.62. The van der Waals surface area contributed by atoms with Crippen LogP contribution < -0.4 is 10.1 Å². The summed E-state index contributed by atoms with van der Waals surface area (Å²) in [7, 11) is -3.81. The normalized spacial score (nSPS) is 13.0. The van der Waals surface area contributed by atoms with Gasteiger partial charge in [0.1, 0.15) is 6.04 Å². The number of benzene rings is 2. The molecule has 0 heterocycles. The van der Waals surface area contributed by atoms with Gasteiger partial charge in [0, 0.05) is 0 Å². The van der Waals surface area contributed by atoms with Crippen molar-refractivity contribution in [3.8, 4) is 0 Å². The van der Waals surface area contributed by atoms with Gasteiger partial charge in [0.25, 0.3) is 5.91 Å². The molecule has 0 bridgehead atoms. The largest absolute Gasteiger partial charge is 0.271 e. The number of nitrogens with one attached hydrogen (secondary N) is 2. The van der Waals surface area contributed by atoms with Crippen LogP contribution in [-0.2, 0) is 14.8 Å². The number of carbonyl (C=O) groups is 1. The Morgan fingerprint density at radius 2 is 1.70 bits per heavy atom. The van der Waals surface area contributed by atoms with Crippen molar-refractivity contribution in [1.82, 2.24) is 10.1 Å². The summed E-state index contributed by atoms with van der Waals surface area (Å²) in [5, 5.41) is 3.92. The van der Waals surface area contributed by atoms with Crippen LogP contribution >= 0.6 is 0 Å². The Bertz CT molecular complexity index is 876. The third-order valence-electron chi connectivity index (χ3n) is 3.84. The number of nitrogens with zero attached hydrogens (tertiary/aromatic N) is 1. The molecule has 0 spiro atoms. The quantitative estimate of drug-likeness (QED) is 0.539. The minimum absolute atomic E-state index is 0.125. The van der Waals surface area contributed by atoms with Crippen LogP contribution in [0.25, 0.3) is 0 Å². The first-order valence-corrected chi connectivity index (χ1v) is 10.2. The van der Waals surface area contributed by atoms with Gasteiger partial charge in [-0.15, -0.1) is 0 Å². The maximum absolute atomic E-state index is 12.6. The number of sulfonamides is 1. The fourth-order valence-electron chi connectivity index (χ4n) is 2.44. The van der Waals surface area contributed by atoms with Gasteiger partial charge in [0.15, 0.2) is 0 Å². The molecule has 0 fully saturated rings. The molecule has 2 rings (SSSR count). The van der Waals surface area contributed by atoms with Crippen LogP contribution in [0.2, 0.25) is 0 Å². The van der Waals surface area contributed by atoms with Gasteiger partial charge in [-0.3, -0.25) is 4.79 Å². The van der Waals surface area contributed by atoms with Crippen molar-refractivity contribution in [2.45, 2.75) is 38.1 Å². The van der Waals surface area contributed by atoms with Crippen LogP contribution in [0, 0.1) is 12.8 Å². The molecule has 7 heteroatoms. The van der Waals surface area contributed by atoms with Gasteiger partial charge in [-0.05, 0) is 37.0 Å². The molecule has 1 amide bonds. The highest BCUT2D eigenvalue weighted by Gasteiger charge is 2.26. The molecule has 1 atom stereocenters. The maximum atomic E-state index is 12.6. The fourth-order valence-corrected chi connectivity index (χ4v) is 3.65. The number of hydrogen-bond acceptors (Lipinski definition) is 4. The number of amides is 1. The lowest BCUT2D eigenvalue weighted by molar-refractivity contribution is -0.123. The molecule has 0 saturated carbocycles. The molecular formula is C20H25N3O3S. The van der Waals surface area contributed by atoms with E-state index in [0.717, 1.165) is 11.1 Å². The molecule has 6 nitrogen and oxygen atoms in total. The average molecular weight is 388 g/mol. The van der Waals surface area contributed by atoms with Gasteiger partial charge >= 0.3 is 0 Å². The van der Waals surface area contributed by atoms with E-state index in [1.807, 2.05) is 51.1 Å². The molecule has 1 unspecified atom stereocenters. The smallest absolute Gasteiger partial charge is 0.258 e. The SMILES string of the molecule is Cc1ccc(S(=O)(=O)NC(CC(C)C)C(=O)N/N=C/c2ccccc2)cc1. The van der Waals surface area contributed by atoms with E-state index in [1.54, 1.807) is 12.1 Å². The van der Waals surface area contributed by atoms with Crippen molar-refractivity contribution in [2.24, 2.45) is 11.0 Å². The summed E-state index contributed by atoms with van der Waals surface area (Å²) in [5.41, 5.74) is 4.21. The Balaban J connectivity index is 2.10. The summed E-state index contributed by atoms with van der Waals surface area (Å²) in [4.78, 5) is 12.6. The van der Waals surface area contributed by atoms with Crippen LogP contribution in [-0.4, -0.2) is 26.6 Å². The van der Waals surface area contributed by atoms with Crippen molar-refractivity contribution in [1.29, 1.82) is 0 Å². The molecule has 2 aromatic rings. The lowest BCUT2D eigenvalue weighted by Crippen LogP contribution is -2.46. The first-order chi connectivity index (χ1) is 12.8. The van der Waals surface area contributed by atoms with E-state index < -0.39 is 22.0 Å². The van der Waals surface area contributed by atoms with Gasteiger partial charge in [0.2, 0.25) is 10.0 Å². The third kappa shape index (κ3) is 6.62. The monoisotopic (exact) mass is 387 g/mol. The van der Waals surface area contributed by atoms with Crippen LogP contribution in [0.5, 0.6) is 0 Å². The molecule has 144 valence electrons. The molecule has 0 aliphatic rings. The summed E-state index contributed by atoms with van der Waals surface area (Å²) in [6.07, 6.45) is 1.87. The van der Waals surface area contributed by atoms with E-state index in [4.69, 9.17) is 0 Å². The molecule has 2 N–H and O–H groups in total. The van der Waals surface area contributed by atoms with E-state index in [2.05, 4.69) is 15.2 Å². The number of aryl methyl sites for hydroxylation is 1. The van der Waals surface area contributed by atoms with Crippen molar-refractivity contribution >= 4 is 22.1 Å². The number of hydrogen-bond donors (Lipinski definition) is 2. The predicted molar refractivity (Wildman–Crippen MR) is 107 cm³/mol. The minimum atomic E-state index is -3.81. The third-order valence-corrected chi connectivity index (χ3v) is 5.33. The van der Waals surface area contributed by atoms with Crippen molar-refractivity contribution in [3.05, 3.63) is 65.7 Å². The molecule has 2 aromatic carbocycles. The van der Waals surface area contributed by atoms with Crippen LogP contribution in [0.15, 0.2) is 64.6 Å². The van der Waals surface area contributed by atoms with Gasteiger partial charge in [-0.1, -0.05) is 61.9 Å². The van der Waals surface area contributed by atoms with E-state index in [9.17, 15) is 13.2 Å². The highest BCUT2D eigenvalue weighted by atomic mass is 32.2. The Morgan fingerprint density at radius 3 is 2.30 bits per heavy atom. The first kappa shape index (κ1) is 20.8. The lowest BCUT2D eigenvalue weighted by Gasteiger charge is -2.19. The zero-order chi connectivity index (χ0) is 19.9. The van der Waals surface area contributed by atoms with Crippen molar-refractivity contribution in [2.75, 3.05) is 0 Å². The zero-order valence-corrected chi connectivity index (χ0v) is 16.5. The van der Waals surface area contributed by atoms with E-state index in [1.165, 1.54) is 18.3 Å². The van der Waals surface area contributed by atoms with Gasteiger partial charge in [-0.25, -0.2) is 13.8 Å². The topological polar surface area (TPSA) is 87.6 Å². The number of hydrazone groups is 1. The Hall–Kier alpha value is -2.51. The molecule has 0 saturated heterocycles. The summed E-state index contributed by atoms with van der Waals surface area (Å²) in [6.45, 7) is 5.73. The molecule has 0 radical (unpaired) electrons. The maximum Gasteiger partial charge on any atom is 0.258 e. The Morgan fingerprint density at radius 1 is 1.07 bits per heavy atom. The fraction of sp³-hybridized carbons (Fsp3) is 0.300. The van der Waals surface area contributed by atoms with Crippen molar-refractivity contribution in [3.63, 3.8) is 0 Å². The standard InChI is InChI=1S/C20H25N3O3S/c1-15(2)13-19(20(24)22-21-14-17-7-5-4-6-8-17)23-27(25,26)18-11-9-16(3)10-12-18/h4-12,14-15,19,23H,13H2,1-3H3,(H,22,24)/b21-14+. The van der Waals surface area contributed by atoms with E-state index in [0.29, 0.717) is 6.42 Å².